The number of aliphatic hydroxyl groups is 1. The van der Waals surface area contributed by atoms with E-state index in [1.807, 2.05) is 30.5 Å². The lowest BCUT2D eigenvalue weighted by molar-refractivity contribution is -0.127. The third-order valence-electron chi connectivity index (χ3n) is 11.1. The fourth-order valence-corrected chi connectivity index (χ4v) is 9.12. The molecule has 180 valence electrons. The van der Waals surface area contributed by atoms with Crippen molar-refractivity contribution in [2.24, 2.45) is 34.5 Å². The van der Waals surface area contributed by atoms with Crippen LogP contribution in [-0.4, -0.2) is 25.1 Å². The van der Waals surface area contributed by atoms with Crippen LogP contribution in [0.2, 0.25) is 0 Å². The molecule has 0 saturated heterocycles. The van der Waals surface area contributed by atoms with Gasteiger partial charge < -0.3 is 5.11 Å². The molecule has 0 amide bonds. The van der Waals surface area contributed by atoms with Crippen LogP contribution in [0.4, 0.5) is 0 Å². The molecule has 3 aromatic rings. The van der Waals surface area contributed by atoms with Crippen molar-refractivity contribution < 1.29 is 5.11 Å². The highest BCUT2D eigenvalue weighted by Crippen LogP contribution is 2.67. The van der Waals surface area contributed by atoms with Crippen molar-refractivity contribution in [3.63, 3.8) is 0 Å². The fraction of sp³-hybridized carbons (Fsp3) is 0.567. The van der Waals surface area contributed by atoms with Gasteiger partial charge in [-0.3, -0.25) is 9.20 Å². The van der Waals surface area contributed by atoms with Crippen molar-refractivity contribution in [1.82, 2.24) is 14.4 Å². The van der Waals surface area contributed by atoms with E-state index < -0.39 is 5.60 Å². The molecule has 0 aliphatic heterocycles. The summed E-state index contributed by atoms with van der Waals surface area (Å²) in [4.78, 5) is 22.9. The van der Waals surface area contributed by atoms with E-state index in [4.69, 9.17) is 16.4 Å². The van der Waals surface area contributed by atoms with E-state index in [1.54, 1.807) is 4.40 Å². The lowest BCUT2D eigenvalue weighted by Crippen LogP contribution is -2.56. The summed E-state index contributed by atoms with van der Waals surface area (Å²) in [6.07, 6.45) is 16.1. The van der Waals surface area contributed by atoms with E-state index in [0.717, 1.165) is 44.2 Å². The van der Waals surface area contributed by atoms with E-state index in [1.165, 1.54) is 18.4 Å². The van der Waals surface area contributed by atoms with Crippen LogP contribution in [0.5, 0.6) is 0 Å². The second-order valence-electron chi connectivity index (χ2n) is 12.4. The Labute approximate surface area is 206 Å². The Kier molecular flexibility index (Phi) is 4.28. The molecule has 2 heterocycles. The second-order valence-corrected chi connectivity index (χ2v) is 12.4. The maximum absolute atomic E-state index is 13.3. The van der Waals surface area contributed by atoms with Gasteiger partial charge >= 0.3 is 0 Å². The molecule has 3 saturated carbocycles. The zero-order chi connectivity index (χ0) is 24.2. The van der Waals surface area contributed by atoms with Gasteiger partial charge in [-0.05, 0) is 98.1 Å². The molecule has 35 heavy (non-hydrogen) atoms. The van der Waals surface area contributed by atoms with Crippen LogP contribution in [0.1, 0.15) is 63.6 Å². The topological polar surface area (TPSA) is 67.5 Å². The van der Waals surface area contributed by atoms with Gasteiger partial charge in [-0.15, -0.1) is 6.42 Å². The Morgan fingerprint density at radius 1 is 1.09 bits per heavy atom. The van der Waals surface area contributed by atoms with Gasteiger partial charge in [0.15, 0.2) is 0 Å². The molecule has 1 aromatic carbocycles. The summed E-state index contributed by atoms with van der Waals surface area (Å²) in [6.45, 7) is 4.75. The second kappa shape index (κ2) is 6.95. The SMILES string of the molecule is C#C[C@]1(O)CCC2C3CCC4Cc5nc6nc7ccccc7c(=O)n6cc5C[C@]4(C)C3CC[C@@]21C. The van der Waals surface area contributed by atoms with Gasteiger partial charge in [0.2, 0.25) is 5.78 Å². The van der Waals surface area contributed by atoms with Crippen LogP contribution in [-0.2, 0) is 12.8 Å². The number of nitrogens with zero attached hydrogens (tertiary/aromatic N) is 3. The van der Waals surface area contributed by atoms with Gasteiger partial charge in [-0.25, -0.2) is 9.97 Å². The van der Waals surface area contributed by atoms with Gasteiger partial charge in [0.05, 0.1) is 10.9 Å². The van der Waals surface area contributed by atoms with E-state index in [0.29, 0.717) is 40.4 Å². The number of rotatable bonds is 0. The monoisotopic (exact) mass is 467 g/mol. The first kappa shape index (κ1) is 21.6. The average molecular weight is 468 g/mol. The maximum Gasteiger partial charge on any atom is 0.266 e. The Morgan fingerprint density at radius 2 is 1.89 bits per heavy atom. The lowest BCUT2D eigenvalue weighted by atomic mass is 9.44. The first-order valence-electron chi connectivity index (χ1n) is 13.3. The minimum Gasteiger partial charge on any atom is -0.377 e. The number of hydrogen-bond acceptors (Lipinski definition) is 4. The fourth-order valence-electron chi connectivity index (χ4n) is 9.12. The van der Waals surface area contributed by atoms with Crippen molar-refractivity contribution >= 4 is 16.7 Å². The van der Waals surface area contributed by atoms with Crippen molar-refractivity contribution in [2.45, 2.75) is 70.8 Å². The smallest absolute Gasteiger partial charge is 0.266 e. The lowest BCUT2D eigenvalue weighted by Gasteiger charge is -2.60. The molecule has 2 aromatic heterocycles. The number of para-hydroxylation sites is 1. The van der Waals surface area contributed by atoms with E-state index in [2.05, 4.69) is 19.8 Å². The van der Waals surface area contributed by atoms with E-state index in [9.17, 15) is 9.90 Å². The molecule has 0 radical (unpaired) electrons. The van der Waals surface area contributed by atoms with E-state index in [-0.39, 0.29) is 16.4 Å². The Morgan fingerprint density at radius 3 is 2.71 bits per heavy atom. The molecule has 0 spiro atoms. The Balaban J connectivity index is 1.29. The molecule has 4 aliphatic carbocycles. The van der Waals surface area contributed by atoms with Crippen LogP contribution in [0, 0.1) is 46.8 Å². The van der Waals surface area contributed by atoms with Crippen molar-refractivity contribution in [1.29, 1.82) is 0 Å². The molecule has 4 unspecified atom stereocenters. The average Bonchev–Trinajstić information content (AvgIpc) is 3.13. The number of fused-ring (bicyclic) bond motifs is 8. The molecule has 4 aliphatic rings. The summed E-state index contributed by atoms with van der Waals surface area (Å²) in [5, 5.41) is 11.9. The minimum atomic E-state index is -0.959. The van der Waals surface area contributed by atoms with Gasteiger partial charge in [0.1, 0.15) is 5.60 Å². The zero-order valence-electron chi connectivity index (χ0n) is 20.6. The third-order valence-corrected chi connectivity index (χ3v) is 11.1. The number of hydrogen-bond donors (Lipinski definition) is 1. The van der Waals surface area contributed by atoms with Crippen LogP contribution >= 0.6 is 0 Å². The number of terminal acetylenes is 1. The largest absolute Gasteiger partial charge is 0.377 e. The Hall–Kier alpha value is -2.71. The summed E-state index contributed by atoms with van der Waals surface area (Å²) in [6, 6.07) is 7.53. The predicted octanol–water partition coefficient (Wildman–Crippen LogP) is 4.56. The van der Waals surface area contributed by atoms with Crippen LogP contribution in [0.25, 0.3) is 16.7 Å². The quantitative estimate of drug-likeness (QED) is 0.389. The highest BCUT2D eigenvalue weighted by Gasteiger charge is 2.64. The molecule has 5 heteroatoms. The van der Waals surface area contributed by atoms with Crippen LogP contribution in [0.15, 0.2) is 35.3 Å². The molecule has 7 rings (SSSR count). The number of benzene rings is 1. The van der Waals surface area contributed by atoms with Gasteiger partial charge in [0.25, 0.3) is 5.56 Å². The summed E-state index contributed by atoms with van der Waals surface area (Å²) >= 11 is 0. The predicted molar refractivity (Wildman–Crippen MR) is 136 cm³/mol. The molecule has 0 bridgehead atoms. The van der Waals surface area contributed by atoms with Crippen LogP contribution < -0.4 is 5.56 Å². The number of aromatic nitrogens is 3. The van der Waals surface area contributed by atoms with Crippen molar-refractivity contribution in [3.8, 4) is 12.3 Å². The maximum atomic E-state index is 13.3. The summed E-state index contributed by atoms with van der Waals surface area (Å²) < 4.78 is 1.66. The van der Waals surface area contributed by atoms with Gasteiger partial charge in [-0.1, -0.05) is 31.9 Å². The van der Waals surface area contributed by atoms with Crippen LogP contribution in [0.3, 0.4) is 0 Å². The van der Waals surface area contributed by atoms with Gasteiger partial charge in [-0.2, -0.15) is 0 Å². The van der Waals surface area contributed by atoms with E-state index >= 15 is 0 Å². The first-order valence-corrected chi connectivity index (χ1v) is 13.3. The molecule has 1 N–H and O–H groups in total. The summed E-state index contributed by atoms with van der Waals surface area (Å²) in [5.41, 5.74) is 2.04. The normalized spacial score (nSPS) is 39.9. The molecular formula is C30H33N3O2. The third kappa shape index (κ3) is 2.67. The highest BCUT2D eigenvalue weighted by molar-refractivity contribution is 5.78. The summed E-state index contributed by atoms with van der Waals surface area (Å²) in [7, 11) is 0. The zero-order valence-corrected chi connectivity index (χ0v) is 20.6. The molecule has 5 nitrogen and oxygen atoms in total. The highest BCUT2D eigenvalue weighted by atomic mass is 16.3. The van der Waals surface area contributed by atoms with Gasteiger partial charge in [0, 0.05) is 17.3 Å². The summed E-state index contributed by atoms with van der Waals surface area (Å²) in [5.74, 6) is 5.63. The molecule has 3 fully saturated rings. The standard InChI is InChI=1S/C30H33N3O2/c1-4-30(35)14-12-23-20-10-9-19-15-25-18(16-28(19,2)22(20)11-13-29(23,30)3)17-33-26(34)21-7-5-6-8-24(21)31-27(33)32-25/h1,5-8,17,19-20,22-23,35H,9-16H2,2-3H3/t19?,20?,22?,23?,28-,29-,30-/m0/s1. The minimum absolute atomic E-state index is 0.0392. The molecular weight excluding hydrogens is 434 g/mol. The van der Waals surface area contributed by atoms with Crippen molar-refractivity contribution in [3.05, 3.63) is 52.1 Å². The molecule has 7 atom stereocenters. The first-order chi connectivity index (χ1) is 16.8. The van der Waals surface area contributed by atoms with Crippen molar-refractivity contribution in [2.75, 3.05) is 0 Å². The Bertz CT molecular complexity index is 1490.